The first-order valence-corrected chi connectivity index (χ1v) is 9.83. The van der Waals surface area contributed by atoms with E-state index in [1.54, 1.807) is 0 Å². The molecule has 5 nitrogen and oxygen atoms in total. The third-order valence-electron chi connectivity index (χ3n) is 4.15. The molecule has 0 saturated heterocycles. The van der Waals surface area contributed by atoms with Gasteiger partial charge in [-0.3, -0.25) is 10.1 Å². The number of hydrogen-bond donors (Lipinski definition) is 2. The van der Waals surface area contributed by atoms with Crippen molar-refractivity contribution in [3.05, 3.63) is 93.5 Å². The van der Waals surface area contributed by atoms with Crippen molar-refractivity contribution in [2.24, 2.45) is 0 Å². The molecule has 0 aromatic heterocycles. The lowest BCUT2D eigenvalue weighted by molar-refractivity contribution is 0.0959. The molecule has 0 unspecified atom stereocenters. The zero-order chi connectivity index (χ0) is 22.4. The smallest absolute Gasteiger partial charge is 0.326 e. The molecule has 9 heteroatoms. The number of ether oxygens (including phenoxy) is 1. The van der Waals surface area contributed by atoms with E-state index in [-0.39, 0.29) is 21.5 Å². The van der Waals surface area contributed by atoms with Crippen molar-refractivity contribution in [2.75, 3.05) is 11.9 Å². The van der Waals surface area contributed by atoms with E-state index in [0.717, 1.165) is 23.8 Å². The van der Waals surface area contributed by atoms with E-state index in [2.05, 4.69) is 5.32 Å². The van der Waals surface area contributed by atoms with E-state index in [9.17, 15) is 18.4 Å². The minimum Gasteiger partial charge on any atom is -0.490 e. The van der Waals surface area contributed by atoms with E-state index < -0.39 is 29.1 Å². The second kappa shape index (κ2) is 10.2. The number of halogens is 4. The van der Waals surface area contributed by atoms with Crippen LogP contribution >= 0.6 is 23.2 Å². The van der Waals surface area contributed by atoms with Crippen LogP contribution in [0.3, 0.4) is 0 Å². The SMILES string of the molecule is O=C(NC(=O)c1c(F)cccc1F)Nc1cc(Cl)c(OCCc2ccccc2)c(Cl)c1. The number of carbonyl (C=O) groups excluding carboxylic acids is 2. The van der Waals surface area contributed by atoms with E-state index >= 15 is 0 Å². The maximum atomic E-state index is 13.7. The van der Waals surface area contributed by atoms with Gasteiger partial charge in [0, 0.05) is 12.1 Å². The monoisotopic (exact) mass is 464 g/mol. The number of imide groups is 1. The molecule has 2 N–H and O–H groups in total. The Labute approximate surface area is 186 Å². The van der Waals surface area contributed by atoms with Gasteiger partial charge in [-0.2, -0.15) is 0 Å². The number of anilines is 1. The molecule has 3 rings (SSSR count). The summed E-state index contributed by atoms with van der Waals surface area (Å²) in [5.41, 5.74) is 0.376. The zero-order valence-corrected chi connectivity index (χ0v) is 17.4. The first kappa shape index (κ1) is 22.5. The van der Waals surface area contributed by atoms with Crippen LogP contribution in [-0.4, -0.2) is 18.5 Å². The molecule has 31 heavy (non-hydrogen) atoms. The summed E-state index contributed by atoms with van der Waals surface area (Å²) >= 11 is 12.4. The van der Waals surface area contributed by atoms with Crippen LogP contribution in [0.25, 0.3) is 0 Å². The number of amides is 3. The minimum absolute atomic E-state index is 0.141. The highest BCUT2D eigenvalue weighted by Crippen LogP contribution is 2.36. The van der Waals surface area contributed by atoms with Crippen LogP contribution in [0.1, 0.15) is 15.9 Å². The summed E-state index contributed by atoms with van der Waals surface area (Å²) in [4.78, 5) is 24.0. The van der Waals surface area contributed by atoms with E-state index in [1.165, 1.54) is 12.1 Å². The largest absolute Gasteiger partial charge is 0.490 e. The number of benzene rings is 3. The van der Waals surface area contributed by atoms with Crippen LogP contribution in [0.2, 0.25) is 10.0 Å². The number of urea groups is 1. The van der Waals surface area contributed by atoms with Gasteiger partial charge in [-0.1, -0.05) is 59.6 Å². The Balaban J connectivity index is 1.61. The van der Waals surface area contributed by atoms with E-state index in [0.29, 0.717) is 13.0 Å². The predicted molar refractivity (Wildman–Crippen MR) is 115 cm³/mol. The van der Waals surface area contributed by atoms with Gasteiger partial charge in [0.1, 0.15) is 17.2 Å². The number of nitrogens with one attached hydrogen (secondary N) is 2. The lowest BCUT2D eigenvalue weighted by Gasteiger charge is -2.13. The van der Waals surface area contributed by atoms with Crippen LogP contribution < -0.4 is 15.4 Å². The van der Waals surface area contributed by atoms with Crippen molar-refractivity contribution in [3.8, 4) is 5.75 Å². The summed E-state index contributed by atoms with van der Waals surface area (Å²) in [5.74, 6) is -3.16. The first-order valence-electron chi connectivity index (χ1n) is 9.07. The summed E-state index contributed by atoms with van der Waals surface area (Å²) in [6.45, 7) is 0.333. The Bertz CT molecular complexity index is 1070. The molecular weight excluding hydrogens is 449 g/mol. The minimum atomic E-state index is -1.23. The number of hydrogen-bond acceptors (Lipinski definition) is 3. The third-order valence-corrected chi connectivity index (χ3v) is 4.71. The summed E-state index contributed by atoms with van der Waals surface area (Å²) in [6.07, 6.45) is 0.643. The fourth-order valence-electron chi connectivity index (χ4n) is 2.73. The molecule has 0 aliphatic carbocycles. The summed E-state index contributed by atoms with van der Waals surface area (Å²) in [6, 6.07) is 14.3. The van der Waals surface area contributed by atoms with Gasteiger partial charge in [0.2, 0.25) is 0 Å². The topological polar surface area (TPSA) is 67.4 Å². The fourth-order valence-corrected chi connectivity index (χ4v) is 3.32. The quantitative estimate of drug-likeness (QED) is 0.480. The van der Waals surface area contributed by atoms with Gasteiger partial charge in [-0.25, -0.2) is 13.6 Å². The molecule has 3 aromatic carbocycles. The van der Waals surface area contributed by atoms with Crippen molar-refractivity contribution >= 4 is 40.8 Å². The van der Waals surface area contributed by atoms with Crippen molar-refractivity contribution in [1.29, 1.82) is 0 Å². The van der Waals surface area contributed by atoms with Gasteiger partial charge in [0.15, 0.2) is 5.75 Å². The Morgan fingerprint density at radius 1 is 0.903 bits per heavy atom. The van der Waals surface area contributed by atoms with Gasteiger partial charge in [0.05, 0.1) is 16.7 Å². The van der Waals surface area contributed by atoms with Gasteiger partial charge in [0.25, 0.3) is 5.91 Å². The highest BCUT2D eigenvalue weighted by molar-refractivity contribution is 6.37. The summed E-state index contributed by atoms with van der Waals surface area (Å²) < 4.78 is 33.0. The van der Waals surface area contributed by atoms with Gasteiger partial charge in [-0.05, 0) is 29.8 Å². The molecule has 0 atom stereocenters. The van der Waals surface area contributed by atoms with Crippen molar-refractivity contribution in [3.63, 3.8) is 0 Å². The van der Waals surface area contributed by atoms with Crippen molar-refractivity contribution in [1.82, 2.24) is 5.32 Å². The Hall–Kier alpha value is -3.16. The molecule has 160 valence electrons. The standard InChI is InChI=1S/C22H16Cl2F2N2O3/c23-15-11-14(12-16(24)20(15)31-10-9-13-5-2-1-3-6-13)27-22(30)28-21(29)19-17(25)7-4-8-18(19)26/h1-8,11-12H,9-10H2,(H2,27,28,29,30). The van der Waals surface area contributed by atoms with Gasteiger partial charge < -0.3 is 10.1 Å². The normalized spacial score (nSPS) is 10.5. The third kappa shape index (κ3) is 5.93. The zero-order valence-electron chi connectivity index (χ0n) is 15.9. The van der Waals surface area contributed by atoms with Crippen LogP contribution in [0.4, 0.5) is 19.3 Å². The van der Waals surface area contributed by atoms with Crippen LogP contribution in [0, 0.1) is 11.6 Å². The Morgan fingerprint density at radius 2 is 1.52 bits per heavy atom. The molecule has 0 aliphatic rings. The van der Waals surface area contributed by atoms with Gasteiger partial charge in [-0.15, -0.1) is 0 Å². The van der Waals surface area contributed by atoms with Crippen LogP contribution in [0.5, 0.6) is 5.75 Å². The lowest BCUT2D eigenvalue weighted by atomic mass is 10.2. The van der Waals surface area contributed by atoms with Crippen molar-refractivity contribution in [2.45, 2.75) is 6.42 Å². The molecule has 0 fully saturated rings. The molecule has 3 aromatic rings. The number of rotatable bonds is 6. The molecule has 0 heterocycles. The molecular formula is C22H16Cl2F2N2O3. The average Bonchev–Trinajstić information content (AvgIpc) is 2.70. The van der Waals surface area contributed by atoms with Crippen LogP contribution in [-0.2, 0) is 6.42 Å². The Kier molecular flexibility index (Phi) is 7.44. The average molecular weight is 465 g/mol. The van der Waals surface area contributed by atoms with Crippen molar-refractivity contribution < 1.29 is 23.1 Å². The summed E-state index contributed by atoms with van der Waals surface area (Å²) in [7, 11) is 0. The molecule has 0 radical (unpaired) electrons. The summed E-state index contributed by atoms with van der Waals surface area (Å²) in [5, 5.41) is 4.46. The molecule has 0 saturated carbocycles. The molecule has 3 amide bonds. The van der Waals surface area contributed by atoms with E-state index in [1.807, 2.05) is 35.6 Å². The number of carbonyl (C=O) groups is 2. The fraction of sp³-hybridized carbons (Fsp3) is 0.0909. The maximum Gasteiger partial charge on any atom is 0.326 e. The Morgan fingerprint density at radius 3 is 2.13 bits per heavy atom. The molecule has 0 bridgehead atoms. The highest BCUT2D eigenvalue weighted by atomic mass is 35.5. The molecule has 0 spiro atoms. The lowest BCUT2D eigenvalue weighted by Crippen LogP contribution is -2.35. The second-order valence-corrected chi connectivity index (χ2v) is 7.17. The second-order valence-electron chi connectivity index (χ2n) is 6.36. The highest BCUT2D eigenvalue weighted by Gasteiger charge is 2.19. The van der Waals surface area contributed by atoms with E-state index in [4.69, 9.17) is 27.9 Å². The first-order chi connectivity index (χ1) is 14.8. The van der Waals surface area contributed by atoms with Crippen LogP contribution in [0.15, 0.2) is 60.7 Å². The maximum absolute atomic E-state index is 13.7. The predicted octanol–water partition coefficient (Wildman–Crippen LogP) is 5.86. The van der Waals surface area contributed by atoms with Gasteiger partial charge >= 0.3 is 6.03 Å². The molecule has 0 aliphatic heterocycles.